The Bertz CT molecular complexity index is 631. The highest BCUT2D eigenvalue weighted by molar-refractivity contribution is 5.82. The van der Waals surface area contributed by atoms with Crippen molar-refractivity contribution >= 4 is 5.91 Å². The first-order chi connectivity index (χ1) is 13.0. The molecule has 0 aliphatic carbocycles. The zero-order valence-corrected chi connectivity index (χ0v) is 17.3. The maximum atomic E-state index is 12.8. The van der Waals surface area contributed by atoms with Crippen LogP contribution >= 0.6 is 0 Å². The van der Waals surface area contributed by atoms with Crippen LogP contribution in [0.25, 0.3) is 0 Å². The van der Waals surface area contributed by atoms with Crippen molar-refractivity contribution in [3.63, 3.8) is 0 Å². The molecule has 27 heavy (non-hydrogen) atoms. The summed E-state index contributed by atoms with van der Waals surface area (Å²) in [5.41, 5.74) is 10.1. The summed E-state index contributed by atoms with van der Waals surface area (Å²) in [5, 5.41) is 0. The lowest BCUT2D eigenvalue weighted by atomic mass is 9.97. The van der Waals surface area contributed by atoms with Crippen LogP contribution in [0.3, 0.4) is 0 Å². The van der Waals surface area contributed by atoms with Gasteiger partial charge in [0.05, 0.1) is 6.04 Å². The Balaban J connectivity index is 1.50. The number of carbonyl (C=O) groups excluding carboxylic acids is 1. The number of nitrogens with zero attached hydrogens (tertiary/aromatic N) is 3. The summed E-state index contributed by atoms with van der Waals surface area (Å²) in [4.78, 5) is 19.8. The molecule has 2 fully saturated rings. The third-order valence-electron chi connectivity index (χ3n) is 6.40. The van der Waals surface area contributed by atoms with E-state index < -0.39 is 6.04 Å². The third-order valence-corrected chi connectivity index (χ3v) is 6.40. The Kier molecular flexibility index (Phi) is 6.90. The molecule has 2 N–H and O–H groups in total. The molecule has 5 heteroatoms. The summed E-state index contributed by atoms with van der Waals surface area (Å²) in [6.45, 7) is 10.6. The molecule has 0 spiro atoms. The van der Waals surface area contributed by atoms with Crippen molar-refractivity contribution in [1.29, 1.82) is 0 Å². The molecule has 0 unspecified atom stereocenters. The quantitative estimate of drug-likeness (QED) is 0.854. The van der Waals surface area contributed by atoms with E-state index in [9.17, 15) is 4.79 Å². The molecular weight excluding hydrogens is 336 g/mol. The Morgan fingerprint density at radius 3 is 2.44 bits per heavy atom. The van der Waals surface area contributed by atoms with Gasteiger partial charge in [-0.2, -0.15) is 0 Å². The van der Waals surface area contributed by atoms with Crippen LogP contribution < -0.4 is 5.73 Å². The van der Waals surface area contributed by atoms with Crippen LogP contribution in [0.4, 0.5) is 0 Å². The van der Waals surface area contributed by atoms with Crippen molar-refractivity contribution in [2.75, 3.05) is 46.3 Å². The molecule has 1 amide bonds. The Morgan fingerprint density at radius 1 is 1.15 bits per heavy atom. The number of rotatable bonds is 5. The highest BCUT2D eigenvalue weighted by Crippen LogP contribution is 2.19. The monoisotopic (exact) mass is 372 g/mol. The van der Waals surface area contributed by atoms with E-state index in [0.29, 0.717) is 12.5 Å². The van der Waals surface area contributed by atoms with Gasteiger partial charge in [-0.05, 0) is 56.3 Å². The lowest BCUT2D eigenvalue weighted by molar-refractivity contribution is -0.134. The van der Waals surface area contributed by atoms with Gasteiger partial charge in [0, 0.05) is 45.3 Å². The number of nitrogens with two attached hydrogens (primary N) is 1. The van der Waals surface area contributed by atoms with Gasteiger partial charge in [-0.25, -0.2) is 0 Å². The summed E-state index contributed by atoms with van der Waals surface area (Å²) >= 11 is 0. The predicted octanol–water partition coefficient (Wildman–Crippen LogP) is 1.67. The molecule has 5 nitrogen and oxygen atoms in total. The fourth-order valence-corrected chi connectivity index (χ4v) is 4.45. The van der Waals surface area contributed by atoms with Gasteiger partial charge in [0.25, 0.3) is 0 Å². The number of hydrogen-bond acceptors (Lipinski definition) is 4. The van der Waals surface area contributed by atoms with Gasteiger partial charge in [0.1, 0.15) is 0 Å². The number of piperazine rings is 1. The van der Waals surface area contributed by atoms with E-state index in [1.54, 1.807) is 0 Å². The molecule has 2 heterocycles. The van der Waals surface area contributed by atoms with Gasteiger partial charge in [-0.3, -0.25) is 9.69 Å². The van der Waals surface area contributed by atoms with Gasteiger partial charge in [0.15, 0.2) is 0 Å². The zero-order valence-electron chi connectivity index (χ0n) is 17.3. The lowest BCUT2D eigenvalue weighted by Gasteiger charge is -2.42. The van der Waals surface area contributed by atoms with E-state index in [0.717, 1.165) is 58.5 Å². The van der Waals surface area contributed by atoms with Gasteiger partial charge in [-0.1, -0.05) is 25.1 Å². The van der Waals surface area contributed by atoms with Crippen LogP contribution in [0.15, 0.2) is 18.2 Å². The minimum absolute atomic E-state index is 0.116. The topological polar surface area (TPSA) is 52.8 Å². The van der Waals surface area contributed by atoms with Crippen LogP contribution in [0.2, 0.25) is 0 Å². The average molecular weight is 373 g/mol. The van der Waals surface area contributed by atoms with E-state index in [1.165, 1.54) is 16.7 Å². The molecule has 2 saturated heterocycles. The van der Waals surface area contributed by atoms with Crippen molar-refractivity contribution in [3.8, 4) is 0 Å². The largest absolute Gasteiger partial charge is 0.341 e. The van der Waals surface area contributed by atoms with E-state index in [1.807, 2.05) is 4.90 Å². The second kappa shape index (κ2) is 9.18. The van der Waals surface area contributed by atoms with Crippen molar-refractivity contribution < 1.29 is 4.79 Å². The molecule has 3 rings (SSSR count). The standard InChI is InChI=1S/C22H36N4O/c1-4-19-15-18(6-5-17(19)2)16-21(23)22(27)26-9-7-20(8-10-26)25-13-11-24(3)12-14-25/h5-6,15,20-21H,4,7-14,16,23H2,1-3H3/t21-/m1/s1. The van der Waals surface area contributed by atoms with Crippen molar-refractivity contribution in [2.24, 2.45) is 5.73 Å². The molecule has 0 saturated carbocycles. The minimum atomic E-state index is -0.433. The average Bonchev–Trinajstić information content (AvgIpc) is 2.69. The number of likely N-dealkylation sites (N-methyl/N-ethyl adjacent to an activating group) is 1. The van der Waals surface area contributed by atoms with Crippen LogP contribution in [0, 0.1) is 6.92 Å². The summed E-state index contributed by atoms with van der Waals surface area (Å²) in [5.74, 6) is 0.116. The lowest BCUT2D eigenvalue weighted by Crippen LogP contribution is -2.54. The highest BCUT2D eigenvalue weighted by Gasteiger charge is 2.30. The number of aryl methyl sites for hydroxylation is 2. The van der Waals surface area contributed by atoms with Crippen molar-refractivity contribution in [2.45, 2.75) is 51.6 Å². The number of piperidine rings is 1. The third kappa shape index (κ3) is 5.09. The summed E-state index contributed by atoms with van der Waals surface area (Å²) in [6.07, 6.45) is 3.80. The molecule has 0 aromatic heterocycles. The SMILES string of the molecule is CCc1cc(C[C@@H](N)C(=O)N2CCC(N3CCN(C)CC3)CC2)ccc1C. The van der Waals surface area contributed by atoms with E-state index in [4.69, 9.17) is 5.73 Å². The minimum Gasteiger partial charge on any atom is -0.341 e. The first kappa shape index (κ1) is 20.3. The molecule has 1 aromatic carbocycles. The maximum Gasteiger partial charge on any atom is 0.239 e. The maximum absolute atomic E-state index is 12.8. The van der Waals surface area contributed by atoms with Gasteiger partial charge in [0.2, 0.25) is 5.91 Å². The van der Waals surface area contributed by atoms with Crippen LogP contribution in [-0.4, -0.2) is 79.0 Å². The highest BCUT2D eigenvalue weighted by atomic mass is 16.2. The van der Waals surface area contributed by atoms with Crippen molar-refractivity contribution in [1.82, 2.24) is 14.7 Å². The molecule has 1 aromatic rings. The summed E-state index contributed by atoms with van der Waals surface area (Å²) in [6, 6.07) is 6.66. The normalized spacial score (nSPS) is 21.4. The van der Waals surface area contributed by atoms with Crippen LogP contribution in [0.5, 0.6) is 0 Å². The molecule has 0 radical (unpaired) electrons. The van der Waals surface area contributed by atoms with Gasteiger partial charge < -0.3 is 15.5 Å². The Morgan fingerprint density at radius 2 is 1.81 bits per heavy atom. The number of amides is 1. The first-order valence-electron chi connectivity index (χ1n) is 10.5. The number of likely N-dealkylation sites (tertiary alicyclic amines) is 1. The van der Waals surface area contributed by atoms with Crippen molar-refractivity contribution in [3.05, 3.63) is 34.9 Å². The van der Waals surface area contributed by atoms with E-state index in [-0.39, 0.29) is 5.91 Å². The molecule has 150 valence electrons. The predicted molar refractivity (Wildman–Crippen MR) is 111 cm³/mol. The number of hydrogen-bond donors (Lipinski definition) is 1. The second-order valence-electron chi connectivity index (χ2n) is 8.32. The van der Waals surface area contributed by atoms with Crippen LogP contribution in [0.1, 0.15) is 36.5 Å². The molecule has 1 atom stereocenters. The Labute approximate surface area is 164 Å². The number of benzene rings is 1. The smallest absolute Gasteiger partial charge is 0.239 e. The van der Waals surface area contributed by atoms with Gasteiger partial charge >= 0.3 is 0 Å². The molecule has 2 aliphatic rings. The molecular formula is C22H36N4O. The molecule has 2 aliphatic heterocycles. The molecule has 0 bridgehead atoms. The van der Waals surface area contributed by atoms with Gasteiger partial charge in [-0.15, -0.1) is 0 Å². The zero-order chi connectivity index (χ0) is 19.4. The first-order valence-corrected chi connectivity index (χ1v) is 10.5. The van der Waals surface area contributed by atoms with E-state index >= 15 is 0 Å². The fraction of sp³-hybridized carbons (Fsp3) is 0.682. The summed E-state index contributed by atoms with van der Waals surface area (Å²) < 4.78 is 0. The van der Waals surface area contributed by atoms with Crippen LogP contribution in [-0.2, 0) is 17.6 Å². The summed E-state index contributed by atoms with van der Waals surface area (Å²) in [7, 11) is 2.19. The Hall–Kier alpha value is -1.43. The second-order valence-corrected chi connectivity index (χ2v) is 8.32. The number of carbonyl (C=O) groups is 1. The van der Waals surface area contributed by atoms with E-state index in [2.05, 4.69) is 48.9 Å². The fourth-order valence-electron chi connectivity index (χ4n) is 4.45.